The fourth-order valence-corrected chi connectivity index (χ4v) is 10.8. The summed E-state index contributed by atoms with van der Waals surface area (Å²) in [5.74, 6) is 1.32. The summed E-state index contributed by atoms with van der Waals surface area (Å²) in [7, 11) is -3.56. The Hall–Kier alpha value is -2.12. The highest BCUT2D eigenvalue weighted by Gasteiger charge is 2.48. The molecule has 1 fully saturated rings. The maximum atomic E-state index is 4.56. The van der Waals surface area contributed by atoms with Crippen LogP contribution in [0.1, 0.15) is 6.42 Å². The van der Waals surface area contributed by atoms with Gasteiger partial charge in [0, 0.05) is 6.54 Å². The minimum Gasteiger partial charge on any atom is -0.375 e. The van der Waals surface area contributed by atoms with Crippen molar-refractivity contribution in [2.75, 3.05) is 11.1 Å². The number of anilines is 1. The topological polar surface area (TPSA) is 21.1 Å². The normalized spacial score (nSPS) is 16.8. The van der Waals surface area contributed by atoms with Gasteiger partial charge in [-0.15, -0.1) is 0 Å². The van der Waals surface area contributed by atoms with E-state index in [-0.39, 0.29) is 0 Å². The molecule has 134 valence electrons. The largest absolute Gasteiger partial charge is 0.375 e. The van der Waals surface area contributed by atoms with E-state index in [9.17, 15) is 0 Å². The van der Waals surface area contributed by atoms with Crippen LogP contribution >= 0.6 is 0 Å². The SMILES string of the molecule is C[Si](C)(C)n1cncc1N1CCC[Si]1(c1ccccc1)c1ccccc1. The maximum absolute atomic E-state index is 4.56. The zero-order valence-electron chi connectivity index (χ0n) is 15.9. The maximum Gasteiger partial charge on any atom is 0.221 e. The van der Waals surface area contributed by atoms with Gasteiger partial charge in [0.1, 0.15) is 5.82 Å². The quantitative estimate of drug-likeness (QED) is 0.649. The van der Waals surface area contributed by atoms with E-state index < -0.39 is 16.5 Å². The second-order valence-corrected chi connectivity index (χ2v) is 16.9. The van der Waals surface area contributed by atoms with Crippen molar-refractivity contribution in [3.63, 3.8) is 0 Å². The summed E-state index contributed by atoms with van der Waals surface area (Å²) in [5, 5.41) is 3.01. The molecule has 0 spiro atoms. The monoisotopic (exact) mass is 377 g/mol. The fourth-order valence-electron chi connectivity index (χ4n) is 4.33. The summed E-state index contributed by atoms with van der Waals surface area (Å²) in [6.45, 7) is 8.29. The van der Waals surface area contributed by atoms with E-state index in [1.54, 1.807) is 0 Å². The first-order chi connectivity index (χ1) is 12.5. The van der Waals surface area contributed by atoms with Crippen LogP contribution in [0.15, 0.2) is 73.2 Å². The molecule has 0 N–H and O–H groups in total. The van der Waals surface area contributed by atoms with Crippen molar-refractivity contribution >= 4 is 32.7 Å². The van der Waals surface area contributed by atoms with Crippen LogP contribution in [0.2, 0.25) is 25.7 Å². The Balaban J connectivity index is 1.93. The van der Waals surface area contributed by atoms with Crippen LogP contribution in [0.3, 0.4) is 0 Å². The standard InChI is InChI=1S/C21H27N3Si2/c1-25(2,3)24-18-22-17-21(24)23-15-10-16-26(23,19-11-6-4-7-12-19)20-13-8-5-9-14-20/h4-9,11-14,17-18H,10,15-16H2,1-3H3. The van der Waals surface area contributed by atoms with Gasteiger partial charge < -0.3 is 8.80 Å². The van der Waals surface area contributed by atoms with Crippen molar-refractivity contribution in [3.05, 3.63) is 73.2 Å². The first-order valence-corrected chi connectivity index (χ1v) is 15.1. The molecule has 3 nitrogen and oxygen atoms in total. The molecule has 0 atom stereocenters. The lowest BCUT2D eigenvalue weighted by Crippen LogP contribution is -2.68. The molecule has 1 aliphatic heterocycles. The number of rotatable bonds is 4. The predicted octanol–water partition coefficient (Wildman–Crippen LogP) is 3.54. The van der Waals surface area contributed by atoms with Gasteiger partial charge in [-0.05, 0) is 22.8 Å². The molecule has 0 amide bonds. The number of benzene rings is 2. The Morgan fingerprint density at radius 2 is 1.46 bits per heavy atom. The molecule has 0 unspecified atom stereocenters. The summed E-state index contributed by atoms with van der Waals surface area (Å²) in [6.07, 6.45) is 5.39. The van der Waals surface area contributed by atoms with Crippen molar-refractivity contribution < 1.29 is 0 Å². The van der Waals surface area contributed by atoms with E-state index >= 15 is 0 Å². The van der Waals surface area contributed by atoms with Crippen LogP contribution < -0.4 is 14.9 Å². The number of imidazole rings is 1. The van der Waals surface area contributed by atoms with Crippen molar-refractivity contribution in [3.8, 4) is 0 Å². The Kier molecular flexibility index (Phi) is 4.36. The molecule has 0 aliphatic carbocycles. The van der Waals surface area contributed by atoms with Crippen molar-refractivity contribution in [1.82, 2.24) is 9.22 Å². The zero-order valence-corrected chi connectivity index (χ0v) is 17.9. The smallest absolute Gasteiger partial charge is 0.221 e. The van der Waals surface area contributed by atoms with Gasteiger partial charge in [0.25, 0.3) is 0 Å². The highest BCUT2D eigenvalue weighted by atomic mass is 28.3. The van der Waals surface area contributed by atoms with Crippen LogP contribution in [-0.4, -0.2) is 32.2 Å². The number of nitrogens with zero attached hydrogens (tertiary/aromatic N) is 3. The zero-order chi connectivity index (χ0) is 18.2. The van der Waals surface area contributed by atoms with Crippen LogP contribution in [0, 0.1) is 0 Å². The summed E-state index contributed by atoms with van der Waals surface area (Å²) >= 11 is 0. The summed E-state index contributed by atoms with van der Waals surface area (Å²) in [4.78, 5) is 4.56. The average molecular weight is 378 g/mol. The molecule has 5 heteroatoms. The van der Waals surface area contributed by atoms with Gasteiger partial charge in [0.2, 0.25) is 8.24 Å². The summed E-state index contributed by atoms with van der Waals surface area (Å²) in [6, 6.07) is 23.7. The molecule has 1 saturated heterocycles. The Morgan fingerprint density at radius 3 is 2.00 bits per heavy atom. The van der Waals surface area contributed by atoms with Gasteiger partial charge in [-0.2, -0.15) is 0 Å². The van der Waals surface area contributed by atoms with E-state index in [1.165, 1.54) is 28.7 Å². The third kappa shape index (κ3) is 2.75. The lowest BCUT2D eigenvalue weighted by atomic mass is 10.4. The van der Waals surface area contributed by atoms with Crippen molar-refractivity contribution in [2.45, 2.75) is 32.1 Å². The lowest BCUT2D eigenvalue weighted by Gasteiger charge is -2.40. The van der Waals surface area contributed by atoms with Gasteiger partial charge in [-0.3, -0.25) is 0 Å². The van der Waals surface area contributed by atoms with Gasteiger partial charge in [0.15, 0.2) is 8.24 Å². The first kappa shape index (κ1) is 17.3. The molecule has 26 heavy (non-hydrogen) atoms. The molecule has 4 rings (SSSR count). The summed E-state index contributed by atoms with van der Waals surface area (Å²) in [5.41, 5.74) is 0. The average Bonchev–Trinajstić information content (AvgIpc) is 3.30. The molecule has 3 aromatic rings. The number of hydrogen-bond acceptors (Lipinski definition) is 2. The highest BCUT2D eigenvalue weighted by Crippen LogP contribution is 2.32. The number of aromatic nitrogens is 2. The van der Waals surface area contributed by atoms with Gasteiger partial charge in [-0.25, -0.2) is 4.98 Å². The van der Waals surface area contributed by atoms with E-state index in [4.69, 9.17) is 0 Å². The van der Waals surface area contributed by atoms with E-state index in [0.29, 0.717) is 0 Å². The second-order valence-electron chi connectivity index (χ2n) is 8.14. The Bertz CT molecular complexity index is 830. The Morgan fingerprint density at radius 1 is 0.885 bits per heavy atom. The molecule has 0 radical (unpaired) electrons. The van der Waals surface area contributed by atoms with Crippen molar-refractivity contribution in [2.24, 2.45) is 0 Å². The predicted molar refractivity (Wildman–Crippen MR) is 116 cm³/mol. The molecule has 2 aromatic carbocycles. The minimum atomic E-state index is -2.03. The summed E-state index contributed by atoms with van der Waals surface area (Å²) < 4.78 is 5.22. The second kappa shape index (κ2) is 6.56. The van der Waals surface area contributed by atoms with Gasteiger partial charge in [-0.1, -0.05) is 80.3 Å². The molecular weight excluding hydrogens is 350 g/mol. The fraction of sp³-hybridized carbons (Fsp3) is 0.286. The first-order valence-electron chi connectivity index (χ1n) is 9.45. The van der Waals surface area contributed by atoms with Crippen LogP contribution in [-0.2, 0) is 0 Å². The molecule has 1 aliphatic rings. The Labute approximate surface area is 158 Å². The molecule has 1 aromatic heterocycles. The van der Waals surface area contributed by atoms with E-state index in [1.807, 2.05) is 0 Å². The molecule has 0 saturated carbocycles. The molecular formula is C21H27N3Si2. The van der Waals surface area contributed by atoms with Crippen LogP contribution in [0.5, 0.6) is 0 Å². The molecule has 0 bridgehead atoms. The third-order valence-corrected chi connectivity index (χ3v) is 12.3. The van der Waals surface area contributed by atoms with Gasteiger partial charge >= 0.3 is 0 Å². The minimum absolute atomic E-state index is 1.12. The van der Waals surface area contributed by atoms with E-state index in [0.717, 1.165) is 6.54 Å². The van der Waals surface area contributed by atoms with Crippen molar-refractivity contribution in [1.29, 1.82) is 0 Å². The molecule has 2 heterocycles. The van der Waals surface area contributed by atoms with Gasteiger partial charge in [0.05, 0.1) is 12.5 Å². The highest BCUT2D eigenvalue weighted by molar-refractivity contribution is 7.05. The van der Waals surface area contributed by atoms with E-state index in [2.05, 4.69) is 107 Å². The third-order valence-electron chi connectivity index (χ3n) is 5.50. The van der Waals surface area contributed by atoms with Crippen LogP contribution in [0.4, 0.5) is 5.82 Å². The number of hydrogen-bond donors (Lipinski definition) is 0. The lowest BCUT2D eigenvalue weighted by molar-refractivity contribution is 0.953. The van der Waals surface area contributed by atoms with Crippen LogP contribution in [0.25, 0.3) is 0 Å².